The summed E-state index contributed by atoms with van der Waals surface area (Å²) in [4.78, 5) is 12.5. The number of carbonyl (C=O) groups excluding carboxylic acids is 1. The molecule has 0 aliphatic carbocycles. The molecule has 0 aromatic heterocycles. The van der Waals surface area contributed by atoms with E-state index in [-0.39, 0.29) is 17.3 Å². The highest BCUT2D eigenvalue weighted by Gasteiger charge is 2.18. The molecule has 0 unspecified atom stereocenters. The Hall–Kier alpha value is -2.38. The first-order valence-electron chi connectivity index (χ1n) is 8.78. The average Bonchev–Trinajstić information content (AvgIpc) is 2.60. The number of aryl methyl sites for hydroxylation is 1. The van der Waals surface area contributed by atoms with E-state index in [2.05, 4.69) is 24.5 Å². The van der Waals surface area contributed by atoms with Gasteiger partial charge in [0.25, 0.3) is 0 Å². The summed E-state index contributed by atoms with van der Waals surface area (Å²) in [5.41, 5.74) is 3.37. The van der Waals surface area contributed by atoms with Crippen LogP contribution in [-0.4, -0.2) is 39.3 Å². The number of anilines is 2. The highest BCUT2D eigenvalue weighted by Crippen LogP contribution is 2.22. The molecule has 0 saturated carbocycles. The molecule has 7 heteroatoms. The monoisotopic (exact) mass is 389 g/mol. The van der Waals surface area contributed by atoms with Gasteiger partial charge in [-0.15, -0.1) is 0 Å². The van der Waals surface area contributed by atoms with Crippen LogP contribution in [0.5, 0.6) is 0 Å². The molecule has 0 bridgehead atoms. The van der Waals surface area contributed by atoms with E-state index in [0.29, 0.717) is 11.6 Å². The standard InChI is InChI=1S/C20H27N3O3S/c1-14(2)16-7-6-8-17(11-16)22-20(24)13-21-19-12-18(10-9-15(19)3)27(25,26)23(4)5/h6-12,14,21H,13H2,1-5H3,(H,22,24). The molecule has 0 saturated heterocycles. The Morgan fingerprint density at radius 2 is 1.81 bits per heavy atom. The van der Waals surface area contributed by atoms with Crippen molar-refractivity contribution in [2.24, 2.45) is 0 Å². The normalized spacial score (nSPS) is 11.7. The van der Waals surface area contributed by atoms with Crippen LogP contribution in [0.1, 0.15) is 30.9 Å². The van der Waals surface area contributed by atoms with Crippen molar-refractivity contribution in [3.63, 3.8) is 0 Å². The molecule has 0 radical (unpaired) electrons. The molecule has 0 spiro atoms. The first-order chi connectivity index (χ1) is 12.6. The highest BCUT2D eigenvalue weighted by molar-refractivity contribution is 7.89. The maximum Gasteiger partial charge on any atom is 0.243 e. The molecular weight excluding hydrogens is 362 g/mol. The summed E-state index contributed by atoms with van der Waals surface area (Å²) in [7, 11) is -0.549. The van der Waals surface area contributed by atoms with Crippen LogP contribution in [0, 0.1) is 6.92 Å². The molecule has 0 aliphatic rings. The van der Waals surface area contributed by atoms with Gasteiger partial charge in [0.15, 0.2) is 0 Å². The molecule has 27 heavy (non-hydrogen) atoms. The third-order valence-electron chi connectivity index (χ3n) is 4.26. The van der Waals surface area contributed by atoms with Crippen LogP contribution >= 0.6 is 0 Å². The zero-order chi connectivity index (χ0) is 20.2. The summed E-state index contributed by atoms with van der Waals surface area (Å²) < 4.78 is 25.7. The SMILES string of the molecule is Cc1ccc(S(=O)(=O)N(C)C)cc1NCC(=O)Nc1cccc(C(C)C)c1. The van der Waals surface area contributed by atoms with Gasteiger partial charge in [0.05, 0.1) is 11.4 Å². The van der Waals surface area contributed by atoms with Gasteiger partial charge in [0.2, 0.25) is 15.9 Å². The molecule has 0 atom stereocenters. The van der Waals surface area contributed by atoms with Crippen LogP contribution < -0.4 is 10.6 Å². The van der Waals surface area contributed by atoms with Gasteiger partial charge in [-0.1, -0.05) is 32.0 Å². The Bertz CT molecular complexity index is 922. The molecule has 0 fully saturated rings. The number of benzene rings is 2. The number of hydrogen-bond donors (Lipinski definition) is 2. The topological polar surface area (TPSA) is 78.5 Å². The first-order valence-corrected chi connectivity index (χ1v) is 10.2. The fourth-order valence-corrected chi connectivity index (χ4v) is 3.45. The van der Waals surface area contributed by atoms with Crippen molar-refractivity contribution in [1.82, 2.24) is 4.31 Å². The lowest BCUT2D eigenvalue weighted by molar-refractivity contribution is -0.114. The van der Waals surface area contributed by atoms with Crippen LogP contribution in [0.25, 0.3) is 0 Å². The summed E-state index contributed by atoms with van der Waals surface area (Å²) in [6.07, 6.45) is 0. The van der Waals surface area contributed by atoms with Crippen LogP contribution in [0.4, 0.5) is 11.4 Å². The second kappa shape index (κ2) is 8.54. The molecule has 146 valence electrons. The molecule has 6 nitrogen and oxygen atoms in total. The van der Waals surface area contributed by atoms with Gasteiger partial charge >= 0.3 is 0 Å². The van der Waals surface area contributed by atoms with Crippen molar-refractivity contribution in [3.8, 4) is 0 Å². The van der Waals surface area contributed by atoms with Gasteiger partial charge in [0, 0.05) is 25.5 Å². The zero-order valence-corrected chi connectivity index (χ0v) is 17.2. The molecule has 2 N–H and O–H groups in total. The predicted octanol–water partition coefficient (Wildman–Crippen LogP) is 3.42. The van der Waals surface area contributed by atoms with Crippen LogP contribution in [0.15, 0.2) is 47.4 Å². The van der Waals surface area contributed by atoms with E-state index in [9.17, 15) is 13.2 Å². The van der Waals surface area contributed by atoms with Gasteiger partial charge < -0.3 is 10.6 Å². The van der Waals surface area contributed by atoms with Gasteiger partial charge in [-0.05, 0) is 48.2 Å². The molecule has 2 rings (SSSR count). The Kier molecular flexibility index (Phi) is 6.62. The summed E-state index contributed by atoms with van der Waals surface area (Å²) >= 11 is 0. The smallest absolute Gasteiger partial charge is 0.243 e. The molecule has 2 aromatic rings. The van der Waals surface area contributed by atoms with E-state index in [1.54, 1.807) is 18.2 Å². The van der Waals surface area contributed by atoms with E-state index >= 15 is 0 Å². The Labute approximate surface area is 161 Å². The molecular formula is C20H27N3O3S. The zero-order valence-electron chi connectivity index (χ0n) is 16.4. The number of hydrogen-bond acceptors (Lipinski definition) is 4. The fraction of sp³-hybridized carbons (Fsp3) is 0.350. The predicted molar refractivity (Wildman–Crippen MR) is 110 cm³/mol. The maximum atomic E-state index is 12.3. The van der Waals surface area contributed by atoms with E-state index in [1.807, 2.05) is 31.2 Å². The fourth-order valence-electron chi connectivity index (χ4n) is 2.52. The second-order valence-corrected chi connectivity index (χ2v) is 9.10. The lowest BCUT2D eigenvalue weighted by Gasteiger charge is -2.15. The lowest BCUT2D eigenvalue weighted by Crippen LogP contribution is -2.24. The Morgan fingerprint density at radius 1 is 1.11 bits per heavy atom. The maximum absolute atomic E-state index is 12.3. The molecule has 0 heterocycles. The van der Waals surface area contributed by atoms with Gasteiger partial charge in [-0.2, -0.15) is 0 Å². The number of carbonyl (C=O) groups is 1. The van der Waals surface area contributed by atoms with Crippen molar-refractivity contribution in [1.29, 1.82) is 0 Å². The minimum absolute atomic E-state index is 0.0399. The highest BCUT2D eigenvalue weighted by atomic mass is 32.2. The second-order valence-electron chi connectivity index (χ2n) is 6.95. The lowest BCUT2D eigenvalue weighted by atomic mass is 10.0. The Balaban J connectivity index is 2.08. The third kappa shape index (κ3) is 5.30. The van der Waals surface area contributed by atoms with Gasteiger partial charge in [-0.25, -0.2) is 12.7 Å². The van der Waals surface area contributed by atoms with Crippen molar-refractivity contribution in [3.05, 3.63) is 53.6 Å². The quantitative estimate of drug-likeness (QED) is 0.761. The van der Waals surface area contributed by atoms with Crippen molar-refractivity contribution >= 4 is 27.3 Å². The van der Waals surface area contributed by atoms with E-state index in [4.69, 9.17) is 0 Å². The molecule has 2 aromatic carbocycles. The van der Waals surface area contributed by atoms with Crippen molar-refractivity contribution < 1.29 is 13.2 Å². The largest absolute Gasteiger partial charge is 0.376 e. The summed E-state index contributed by atoms with van der Waals surface area (Å²) in [6, 6.07) is 12.6. The van der Waals surface area contributed by atoms with Gasteiger partial charge in [0.1, 0.15) is 0 Å². The number of sulfonamides is 1. The van der Waals surface area contributed by atoms with Crippen LogP contribution in [0.2, 0.25) is 0 Å². The average molecular weight is 390 g/mol. The number of nitrogens with one attached hydrogen (secondary N) is 2. The minimum atomic E-state index is -3.52. The summed E-state index contributed by atoms with van der Waals surface area (Å²) in [5.74, 6) is 0.181. The third-order valence-corrected chi connectivity index (χ3v) is 6.08. The summed E-state index contributed by atoms with van der Waals surface area (Å²) in [6.45, 7) is 6.09. The van der Waals surface area contributed by atoms with E-state index in [0.717, 1.165) is 21.1 Å². The van der Waals surface area contributed by atoms with E-state index < -0.39 is 10.0 Å². The van der Waals surface area contributed by atoms with Crippen molar-refractivity contribution in [2.75, 3.05) is 31.3 Å². The molecule has 0 aliphatic heterocycles. The van der Waals surface area contributed by atoms with Gasteiger partial charge in [-0.3, -0.25) is 4.79 Å². The number of rotatable bonds is 7. The molecule has 1 amide bonds. The number of nitrogens with zero attached hydrogens (tertiary/aromatic N) is 1. The van der Waals surface area contributed by atoms with Crippen LogP contribution in [0.3, 0.4) is 0 Å². The minimum Gasteiger partial charge on any atom is -0.376 e. The number of amides is 1. The Morgan fingerprint density at radius 3 is 2.44 bits per heavy atom. The van der Waals surface area contributed by atoms with Crippen LogP contribution in [-0.2, 0) is 14.8 Å². The summed E-state index contributed by atoms with van der Waals surface area (Å²) in [5, 5.41) is 5.89. The van der Waals surface area contributed by atoms with E-state index in [1.165, 1.54) is 14.1 Å². The first kappa shape index (κ1) is 20.9. The van der Waals surface area contributed by atoms with Crippen molar-refractivity contribution in [2.45, 2.75) is 31.6 Å².